The van der Waals surface area contributed by atoms with Gasteiger partial charge in [-0.2, -0.15) is 5.26 Å². The molecule has 0 aliphatic heterocycles. The van der Waals surface area contributed by atoms with Gasteiger partial charge in [0.1, 0.15) is 0 Å². The maximum atomic E-state index is 12.8. The quantitative estimate of drug-likeness (QED) is 0.516. The topological polar surface area (TPSA) is 52.3 Å². The number of hydrogen-bond acceptors (Lipinski definition) is 3. The number of aryl methyl sites for hydroxylation is 1. The highest BCUT2D eigenvalue weighted by Crippen LogP contribution is 2.23. The lowest BCUT2D eigenvalue weighted by atomic mass is 10.1. The van der Waals surface area contributed by atoms with Gasteiger partial charge in [-0.3, -0.25) is 4.79 Å². The van der Waals surface area contributed by atoms with E-state index in [1.165, 1.54) is 0 Å². The Hall–Kier alpha value is -3.52. The predicted molar refractivity (Wildman–Crippen MR) is 123 cm³/mol. The van der Waals surface area contributed by atoms with Crippen molar-refractivity contribution in [3.63, 3.8) is 0 Å². The summed E-state index contributed by atoms with van der Waals surface area (Å²) in [5.74, 6) is -0.0111. The van der Waals surface area contributed by atoms with Crippen LogP contribution in [0.5, 0.6) is 0 Å². The normalized spacial score (nSPS) is 11.0. The molecule has 0 radical (unpaired) electrons. The molecule has 1 aromatic heterocycles. The van der Waals surface area contributed by atoms with Crippen LogP contribution in [-0.2, 0) is 17.9 Å². The summed E-state index contributed by atoms with van der Waals surface area (Å²) >= 11 is 0. The Morgan fingerprint density at radius 2 is 1.87 bits per heavy atom. The van der Waals surface area contributed by atoms with Crippen LogP contribution < -0.4 is 4.90 Å². The number of nitrogens with zero attached hydrogens (tertiary/aromatic N) is 4. The number of hydrogen-bond donors (Lipinski definition) is 0. The number of amides is 1. The number of rotatable bonds is 8. The zero-order valence-electron chi connectivity index (χ0n) is 17.9. The minimum atomic E-state index is -0.0111. The molecule has 0 N–H and O–H groups in total. The number of carbonyl (C=O) groups is 1. The van der Waals surface area contributed by atoms with Gasteiger partial charge in [-0.05, 0) is 36.8 Å². The summed E-state index contributed by atoms with van der Waals surface area (Å²) < 4.78 is 2.08. The second-order valence-electron chi connectivity index (χ2n) is 7.45. The maximum absolute atomic E-state index is 12.8. The molecule has 5 heteroatoms. The predicted octanol–water partition coefficient (Wildman–Crippen LogP) is 4.68. The molecule has 0 atom stereocenters. The lowest BCUT2D eigenvalue weighted by molar-refractivity contribution is -0.126. The zero-order valence-corrected chi connectivity index (χ0v) is 17.9. The van der Waals surface area contributed by atoms with Crippen LogP contribution in [0.15, 0.2) is 60.8 Å². The van der Waals surface area contributed by atoms with Crippen molar-refractivity contribution in [2.24, 2.45) is 0 Å². The van der Waals surface area contributed by atoms with E-state index >= 15 is 0 Å². The molecule has 0 aliphatic rings. The third-order valence-corrected chi connectivity index (χ3v) is 5.21. The molecular weight excluding hydrogens is 372 g/mol. The summed E-state index contributed by atoms with van der Waals surface area (Å²) in [6.45, 7) is 3.86. The van der Waals surface area contributed by atoms with Gasteiger partial charge in [0, 0.05) is 68.2 Å². The molecule has 3 aromatic rings. The number of benzene rings is 2. The smallest absolute Gasteiger partial charge is 0.246 e. The molecule has 30 heavy (non-hydrogen) atoms. The molecule has 0 bridgehead atoms. The summed E-state index contributed by atoms with van der Waals surface area (Å²) in [6, 6.07) is 18.5. The summed E-state index contributed by atoms with van der Waals surface area (Å²) in [4.78, 5) is 16.7. The fraction of sp³-hybridized carbons (Fsp3) is 0.280. The van der Waals surface area contributed by atoms with E-state index in [1.807, 2.05) is 62.5 Å². The number of nitriles is 1. The highest BCUT2D eigenvalue weighted by atomic mass is 16.2. The van der Waals surface area contributed by atoms with E-state index in [-0.39, 0.29) is 5.91 Å². The van der Waals surface area contributed by atoms with Crippen LogP contribution >= 0.6 is 0 Å². The highest BCUT2D eigenvalue weighted by molar-refractivity contribution is 5.96. The van der Waals surface area contributed by atoms with Crippen molar-refractivity contribution in [2.75, 3.05) is 25.5 Å². The monoisotopic (exact) mass is 400 g/mol. The molecule has 0 aliphatic carbocycles. The van der Waals surface area contributed by atoms with E-state index in [0.717, 1.165) is 27.7 Å². The van der Waals surface area contributed by atoms with Gasteiger partial charge in [-0.25, -0.2) is 0 Å². The molecule has 0 unspecified atom stereocenters. The van der Waals surface area contributed by atoms with Crippen molar-refractivity contribution in [1.29, 1.82) is 5.26 Å². The number of likely N-dealkylation sites (N-methyl/N-ethyl adjacent to an activating group) is 1. The van der Waals surface area contributed by atoms with Gasteiger partial charge in [0.2, 0.25) is 5.91 Å². The number of anilines is 1. The van der Waals surface area contributed by atoms with Crippen LogP contribution in [0.3, 0.4) is 0 Å². The van der Waals surface area contributed by atoms with Crippen molar-refractivity contribution in [1.82, 2.24) is 9.47 Å². The summed E-state index contributed by atoms with van der Waals surface area (Å²) in [5, 5.41) is 9.99. The average molecular weight is 401 g/mol. The standard InChI is InChI=1S/C25H28N4O/c1-4-28(18-20-10-13-22(14-11-20)27(2)3)25(30)15-12-21-19-29(17-7-16-26)24-9-6-5-8-23(21)24/h5-6,8-15,19H,4,7,17-18H2,1-3H3/b15-12+. The van der Waals surface area contributed by atoms with E-state index in [2.05, 4.69) is 39.8 Å². The van der Waals surface area contributed by atoms with E-state index in [1.54, 1.807) is 6.08 Å². The Bertz CT molecular complexity index is 1070. The highest BCUT2D eigenvalue weighted by Gasteiger charge is 2.11. The molecule has 154 valence electrons. The van der Waals surface area contributed by atoms with Crippen LogP contribution in [0.25, 0.3) is 17.0 Å². The molecule has 3 rings (SSSR count). The number of para-hydroxylation sites is 1. The first kappa shape index (κ1) is 21.2. The first-order chi connectivity index (χ1) is 14.5. The first-order valence-electron chi connectivity index (χ1n) is 10.2. The Kier molecular flexibility index (Phi) is 6.92. The van der Waals surface area contributed by atoms with E-state index in [4.69, 9.17) is 5.26 Å². The summed E-state index contributed by atoms with van der Waals surface area (Å²) in [7, 11) is 4.03. The fourth-order valence-corrected chi connectivity index (χ4v) is 3.50. The van der Waals surface area contributed by atoms with Crippen LogP contribution in [-0.4, -0.2) is 36.0 Å². The molecular formula is C25H28N4O. The lowest BCUT2D eigenvalue weighted by Crippen LogP contribution is -2.28. The average Bonchev–Trinajstić information content (AvgIpc) is 3.12. The van der Waals surface area contributed by atoms with Gasteiger partial charge in [0.05, 0.1) is 12.5 Å². The Morgan fingerprint density at radius 3 is 2.53 bits per heavy atom. The largest absolute Gasteiger partial charge is 0.378 e. The number of aromatic nitrogens is 1. The van der Waals surface area contributed by atoms with Crippen LogP contribution in [0.4, 0.5) is 5.69 Å². The van der Waals surface area contributed by atoms with Crippen LogP contribution in [0.1, 0.15) is 24.5 Å². The van der Waals surface area contributed by atoms with E-state index < -0.39 is 0 Å². The SMILES string of the molecule is CCN(Cc1ccc(N(C)C)cc1)C(=O)/C=C/c1cn(CCC#N)c2ccccc12. The summed E-state index contributed by atoms with van der Waals surface area (Å²) in [6.07, 6.45) is 6.00. The van der Waals surface area contributed by atoms with Gasteiger partial charge in [0.15, 0.2) is 0 Å². The third-order valence-electron chi connectivity index (χ3n) is 5.21. The molecule has 0 saturated carbocycles. The van der Waals surface area contributed by atoms with Crippen molar-refractivity contribution in [3.05, 3.63) is 71.9 Å². The Labute approximate surface area is 178 Å². The fourth-order valence-electron chi connectivity index (χ4n) is 3.50. The molecule has 2 aromatic carbocycles. The van der Waals surface area contributed by atoms with Gasteiger partial charge in [0.25, 0.3) is 0 Å². The van der Waals surface area contributed by atoms with Gasteiger partial charge in [-0.1, -0.05) is 30.3 Å². The molecule has 0 saturated heterocycles. The second-order valence-corrected chi connectivity index (χ2v) is 7.45. The van der Waals surface area contributed by atoms with Crippen molar-refractivity contribution in [2.45, 2.75) is 26.4 Å². The van der Waals surface area contributed by atoms with Gasteiger partial charge < -0.3 is 14.4 Å². The first-order valence-corrected chi connectivity index (χ1v) is 10.2. The zero-order chi connectivity index (χ0) is 21.5. The van der Waals surface area contributed by atoms with E-state index in [9.17, 15) is 4.79 Å². The Morgan fingerprint density at radius 1 is 1.13 bits per heavy atom. The lowest BCUT2D eigenvalue weighted by Gasteiger charge is -2.20. The van der Waals surface area contributed by atoms with Crippen molar-refractivity contribution in [3.8, 4) is 6.07 Å². The van der Waals surface area contributed by atoms with Crippen molar-refractivity contribution < 1.29 is 4.79 Å². The molecule has 1 heterocycles. The molecule has 0 fully saturated rings. The Balaban J connectivity index is 1.76. The number of carbonyl (C=O) groups excluding carboxylic acids is 1. The molecule has 1 amide bonds. The minimum Gasteiger partial charge on any atom is -0.378 e. The molecule has 0 spiro atoms. The minimum absolute atomic E-state index is 0.0111. The summed E-state index contributed by atoms with van der Waals surface area (Å²) in [5.41, 5.74) is 4.31. The van der Waals surface area contributed by atoms with Crippen molar-refractivity contribution >= 4 is 28.6 Å². The van der Waals surface area contributed by atoms with E-state index in [0.29, 0.717) is 26.1 Å². The number of fused-ring (bicyclic) bond motifs is 1. The maximum Gasteiger partial charge on any atom is 0.246 e. The van der Waals surface area contributed by atoms with Gasteiger partial charge >= 0.3 is 0 Å². The molecule has 5 nitrogen and oxygen atoms in total. The van der Waals surface area contributed by atoms with Gasteiger partial charge in [-0.15, -0.1) is 0 Å². The second kappa shape index (κ2) is 9.80. The van der Waals surface area contributed by atoms with Crippen LogP contribution in [0, 0.1) is 11.3 Å². The van der Waals surface area contributed by atoms with Crippen LogP contribution in [0.2, 0.25) is 0 Å². The third kappa shape index (κ3) is 4.90.